The molecule has 1 heterocycles. The van der Waals surface area contributed by atoms with Crippen LogP contribution in [0.25, 0.3) is 0 Å². The van der Waals surface area contributed by atoms with Crippen LogP contribution in [0, 0.1) is 6.92 Å². The van der Waals surface area contributed by atoms with Crippen LogP contribution < -0.4 is 5.32 Å². The van der Waals surface area contributed by atoms with Crippen LogP contribution in [-0.2, 0) is 6.54 Å². The van der Waals surface area contributed by atoms with Crippen molar-refractivity contribution in [3.63, 3.8) is 0 Å². The van der Waals surface area contributed by atoms with Gasteiger partial charge in [0.2, 0.25) is 0 Å². The molecule has 0 aromatic heterocycles. The molecule has 1 unspecified atom stereocenters. The zero-order valence-electron chi connectivity index (χ0n) is 10.7. The van der Waals surface area contributed by atoms with Crippen molar-refractivity contribution in [2.24, 2.45) is 0 Å². The van der Waals surface area contributed by atoms with Crippen molar-refractivity contribution >= 4 is 11.6 Å². The highest BCUT2D eigenvalue weighted by molar-refractivity contribution is 6.30. The van der Waals surface area contributed by atoms with Crippen molar-refractivity contribution in [2.45, 2.75) is 32.4 Å². The van der Waals surface area contributed by atoms with E-state index in [1.54, 1.807) is 0 Å². The Morgan fingerprint density at radius 3 is 2.94 bits per heavy atom. The summed E-state index contributed by atoms with van der Waals surface area (Å²) in [6.07, 6.45) is 2.66. The number of likely N-dealkylation sites (N-methyl/N-ethyl adjacent to an activating group) is 1. The lowest BCUT2D eigenvalue weighted by atomic mass is 10.1. The quantitative estimate of drug-likeness (QED) is 0.887. The summed E-state index contributed by atoms with van der Waals surface area (Å²) in [5.74, 6) is 0. The van der Waals surface area contributed by atoms with E-state index in [9.17, 15) is 0 Å². The molecule has 1 aliphatic rings. The second-order valence-corrected chi connectivity index (χ2v) is 5.41. The lowest BCUT2D eigenvalue weighted by Crippen LogP contribution is -2.35. The minimum atomic E-state index is 0.711. The molecule has 2 rings (SSSR count). The molecular weight excluding hydrogens is 232 g/mol. The van der Waals surface area contributed by atoms with Gasteiger partial charge in [-0.25, -0.2) is 0 Å². The fraction of sp³-hybridized carbons (Fsp3) is 0.571. The first kappa shape index (κ1) is 12.9. The predicted octanol–water partition coefficient (Wildman–Crippen LogP) is 2.83. The number of nitrogens with zero attached hydrogens (tertiary/aromatic N) is 1. The van der Waals surface area contributed by atoms with E-state index in [4.69, 9.17) is 11.6 Å². The molecule has 0 saturated carbocycles. The Balaban J connectivity index is 1.81. The number of rotatable bonds is 4. The van der Waals surface area contributed by atoms with E-state index < -0.39 is 0 Å². The Morgan fingerprint density at radius 1 is 1.47 bits per heavy atom. The SMILES string of the molecule is Cc1cc(Cl)ccc1CNCC1CCCN1C. The van der Waals surface area contributed by atoms with Crippen LogP contribution in [0.4, 0.5) is 0 Å². The molecule has 1 saturated heterocycles. The topological polar surface area (TPSA) is 15.3 Å². The van der Waals surface area contributed by atoms with Crippen molar-refractivity contribution in [1.29, 1.82) is 0 Å². The first-order chi connectivity index (χ1) is 8.16. The molecule has 2 nitrogen and oxygen atoms in total. The van der Waals surface area contributed by atoms with Gasteiger partial charge in [0.25, 0.3) is 0 Å². The summed E-state index contributed by atoms with van der Waals surface area (Å²) >= 11 is 5.95. The molecule has 1 fully saturated rings. The van der Waals surface area contributed by atoms with E-state index >= 15 is 0 Å². The second-order valence-electron chi connectivity index (χ2n) is 4.98. The lowest BCUT2D eigenvalue weighted by Gasteiger charge is -2.20. The van der Waals surface area contributed by atoms with Crippen molar-refractivity contribution in [1.82, 2.24) is 10.2 Å². The first-order valence-corrected chi connectivity index (χ1v) is 6.70. The fourth-order valence-electron chi connectivity index (χ4n) is 2.47. The highest BCUT2D eigenvalue weighted by Gasteiger charge is 2.19. The minimum absolute atomic E-state index is 0.711. The maximum Gasteiger partial charge on any atom is 0.0408 e. The van der Waals surface area contributed by atoms with Crippen molar-refractivity contribution in [2.75, 3.05) is 20.1 Å². The Labute approximate surface area is 109 Å². The van der Waals surface area contributed by atoms with E-state index in [1.807, 2.05) is 12.1 Å². The van der Waals surface area contributed by atoms with E-state index in [0.29, 0.717) is 6.04 Å². The molecule has 1 aromatic carbocycles. The Kier molecular flexibility index (Phi) is 4.43. The standard InChI is InChI=1S/C14H21ClN2/c1-11-8-13(15)6-5-12(11)9-16-10-14-4-3-7-17(14)2/h5-6,8,14,16H,3-4,7,9-10H2,1-2H3. The molecule has 0 bridgehead atoms. The molecular formula is C14H21ClN2. The number of hydrogen-bond donors (Lipinski definition) is 1. The molecule has 1 aliphatic heterocycles. The summed E-state index contributed by atoms with van der Waals surface area (Å²) in [5, 5.41) is 4.37. The summed E-state index contributed by atoms with van der Waals surface area (Å²) in [4.78, 5) is 2.45. The molecule has 0 aliphatic carbocycles. The Morgan fingerprint density at radius 2 is 2.29 bits per heavy atom. The summed E-state index contributed by atoms with van der Waals surface area (Å²) in [6, 6.07) is 6.82. The molecule has 1 atom stereocenters. The Hall–Kier alpha value is -0.570. The number of hydrogen-bond acceptors (Lipinski definition) is 2. The summed E-state index contributed by atoms with van der Waals surface area (Å²) in [6.45, 7) is 5.38. The molecule has 0 amide bonds. The van der Waals surface area contributed by atoms with Crippen LogP contribution in [0.15, 0.2) is 18.2 Å². The third-order valence-corrected chi connectivity index (χ3v) is 3.91. The van der Waals surface area contributed by atoms with Gasteiger partial charge < -0.3 is 10.2 Å². The van der Waals surface area contributed by atoms with Crippen LogP contribution in [0.5, 0.6) is 0 Å². The normalized spacial score (nSPS) is 21.0. The van der Waals surface area contributed by atoms with Crippen LogP contribution in [-0.4, -0.2) is 31.1 Å². The monoisotopic (exact) mass is 252 g/mol. The van der Waals surface area contributed by atoms with Gasteiger partial charge in [0, 0.05) is 24.2 Å². The second kappa shape index (κ2) is 5.85. The van der Waals surface area contributed by atoms with Crippen LogP contribution in [0.2, 0.25) is 5.02 Å². The van der Waals surface area contributed by atoms with Crippen LogP contribution >= 0.6 is 11.6 Å². The van der Waals surface area contributed by atoms with Gasteiger partial charge in [-0.1, -0.05) is 17.7 Å². The molecule has 3 heteroatoms. The van der Waals surface area contributed by atoms with Crippen molar-refractivity contribution < 1.29 is 0 Å². The third kappa shape index (κ3) is 3.44. The average Bonchev–Trinajstić information content (AvgIpc) is 2.68. The summed E-state index contributed by atoms with van der Waals surface area (Å²) < 4.78 is 0. The number of benzene rings is 1. The van der Waals surface area contributed by atoms with Gasteiger partial charge in [0.05, 0.1) is 0 Å². The highest BCUT2D eigenvalue weighted by Crippen LogP contribution is 2.16. The van der Waals surface area contributed by atoms with E-state index in [1.165, 1.54) is 30.5 Å². The predicted molar refractivity (Wildman–Crippen MR) is 73.5 cm³/mol. The number of likely N-dealkylation sites (tertiary alicyclic amines) is 1. The van der Waals surface area contributed by atoms with Gasteiger partial charge in [-0.2, -0.15) is 0 Å². The van der Waals surface area contributed by atoms with E-state index in [2.05, 4.69) is 30.3 Å². The molecule has 1 aromatic rings. The van der Waals surface area contributed by atoms with Crippen LogP contribution in [0.3, 0.4) is 0 Å². The van der Waals surface area contributed by atoms with Gasteiger partial charge in [0.15, 0.2) is 0 Å². The first-order valence-electron chi connectivity index (χ1n) is 6.33. The van der Waals surface area contributed by atoms with E-state index in [-0.39, 0.29) is 0 Å². The lowest BCUT2D eigenvalue weighted by molar-refractivity contribution is 0.300. The number of halogens is 1. The molecule has 1 N–H and O–H groups in total. The molecule has 94 valence electrons. The molecule has 0 radical (unpaired) electrons. The maximum absolute atomic E-state index is 5.95. The average molecular weight is 253 g/mol. The zero-order chi connectivity index (χ0) is 12.3. The zero-order valence-corrected chi connectivity index (χ0v) is 11.4. The summed E-state index contributed by atoms with van der Waals surface area (Å²) in [5.41, 5.74) is 2.61. The van der Waals surface area contributed by atoms with Gasteiger partial charge in [-0.3, -0.25) is 0 Å². The minimum Gasteiger partial charge on any atom is -0.311 e. The largest absolute Gasteiger partial charge is 0.311 e. The van der Waals surface area contributed by atoms with Gasteiger partial charge in [0.1, 0.15) is 0 Å². The number of aryl methyl sites for hydroxylation is 1. The van der Waals surface area contributed by atoms with Crippen molar-refractivity contribution in [3.8, 4) is 0 Å². The maximum atomic E-state index is 5.95. The van der Waals surface area contributed by atoms with Gasteiger partial charge >= 0.3 is 0 Å². The fourth-order valence-corrected chi connectivity index (χ4v) is 2.69. The molecule has 0 spiro atoms. The van der Waals surface area contributed by atoms with Gasteiger partial charge in [-0.15, -0.1) is 0 Å². The van der Waals surface area contributed by atoms with Crippen LogP contribution in [0.1, 0.15) is 24.0 Å². The Bertz CT molecular complexity index is 378. The van der Waals surface area contributed by atoms with E-state index in [0.717, 1.165) is 18.1 Å². The summed E-state index contributed by atoms with van der Waals surface area (Å²) in [7, 11) is 2.22. The molecule has 17 heavy (non-hydrogen) atoms. The highest BCUT2D eigenvalue weighted by atomic mass is 35.5. The third-order valence-electron chi connectivity index (χ3n) is 3.67. The number of nitrogens with one attached hydrogen (secondary N) is 1. The van der Waals surface area contributed by atoms with Crippen molar-refractivity contribution in [3.05, 3.63) is 34.3 Å². The van der Waals surface area contributed by atoms with Gasteiger partial charge in [-0.05, 0) is 56.6 Å². The smallest absolute Gasteiger partial charge is 0.0408 e.